The smallest absolute Gasteiger partial charge is 0.162 e. The maximum absolute atomic E-state index is 9.54. The highest BCUT2D eigenvalue weighted by atomic mass is 16.6. The van der Waals surface area contributed by atoms with E-state index in [1.165, 1.54) is 0 Å². The molecule has 3 N–H and O–H groups in total. The molecule has 13 heavy (non-hydrogen) atoms. The fourth-order valence-electron chi connectivity index (χ4n) is 1.71. The largest absolute Gasteiger partial charge is 0.396 e. The summed E-state index contributed by atoms with van der Waals surface area (Å²) < 4.78 is 5.24. The summed E-state index contributed by atoms with van der Waals surface area (Å²) >= 11 is 0. The van der Waals surface area contributed by atoms with E-state index in [4.69, 9.17) is 9.84 Å². The second-order valence-electron chi connectivity index (χ2n) is 3.59. The zero-order valence-electron chi connectivity index (χ0n) is 7.89. The predicted octanol–water partition coefficient (Wildman–Crippen LogP) is -0.137. The van der Waals surface area contributed by atoms with Crippen LogP contribution in [0.25, 0.3) is 0 Å². The minimum absolute atomic E-state index is 0.0715. The standard InChI is InChI=1S/C9H18O4/c1-2-3-6-4-8(11)7(5-10)9(12)13-6/h6-12H,2-5H2,1H3. The summed E-state index contributed by atoms with van der Waals surface area (Å²) in [6.45, 7) is 1.79. The average Bonchev–Trinajstić information content (AvgIpc) is 2.04. The van der Waals surface area contributed by atoms with Crippen LogP contribution < -0.4 is 0 Å². The van der Waals surface area contributed by atoms with Crippen molar-refractivity contribution in [2.45, 2.75) is 44.7 Å². The van der Waals surface area contributed by atoms with Gasteiger partial charge in [-0.2, -0.15) is 0 Å². The first-order valence-electron chi connectivity index (χ1n) is 4.81. The van der Waals surface area contributed by atoms with E-state index in [-0.39, 0.29) is 12.7 Å². The Morgan fingerprint density at radius 2 is 2.08 bits per heavy atom. The van der Waals surface area contributed by atoms with Crippen molar-refractivity contribution in [3.8, 4) is 0 Å². The minimum Gasteiger partial charge on any atom is -0.396 e. The monoisotopic (exact) mass is 190 g/mol. The molecule has 78 valence electrons. The molecular weight excluding hydrogens is 172 g/mol. The van der Waals surface area contributed by atoms with Crippen molar-refractivity contribution in [3.63, 3.8) is 0 Å². The maximum Gasteiger partial charge on any atom is 0.162 e. The van der Waals surface area contributed by atoms with Gasteiger partial charge in [-0.25, -0.2) is 0 Å². The molecule has 4 atom stereocenters. The Labute approximate surface area is 78.1 Å². The van der Waals surface area contributed by atoms with Crippen LogP contribution in [0, 0.1) is 5.92 Å². The van der Waals surface area contributed by atoms with Crippen LogP contribution in [0.2, 0.25) is 0 Å². The first-order valence-corrected chi connectivity index (χ1v) is 4.81. The lowest BCUT2D eigenvalue weighted by Gasteiger charge is -2.36. The van der Waals surface area contributed by atoms with E-state index in [9.17, 15) is 10.2 Å². The number of aliphatic hydroxyl groups is 3. The van der Waals surface area contributed by atoms with Crippen LogP contribution in [0.5, 0.6) is 0 Å². The number of rotatable bonds is 3. The van der Waals surface area contributed by atoms with Crippen LogP contribution in [0.3, 0.4) is 0 Å². The molecule has 1 saturated heterocycles. The summed E-state index contributed by atoms with van der Waals surface area (Å²) in [5.74, 6) is -0.548. The Morgan fingerprint density at radius 3 is 2.54 bits per heavy atom. The summed E-state index contributed by atoms with van der Waals surface area (Å²) in [7, 11) is 0. The van der Waals surface area contributed by atoms with Gasteiger partial charge in [0.25, 0.3) is 0 Å². The molecule has 1 heterocycles. The van der Waals surface area contributed by atoms with Crippen molar-refractivity contribution in [2.75, 3.05) is 6.61 Å². The molecule has 0 saturated carbocycles. The topological polar surface area (TPSA) is 69.9 Å². The van der Waals surface area contributed by atoms with Crippen LogP contribution in [0.1, 0.15) is 26.2 Å². The summed E-state index contributed by atoms with van der Waals surface area (Å²) in [4.78, 5) is 0. The lowest BCUT2D eigenvalue weighted by molar-refractivity contribution is -0.232. The van der Waals surface area contributed by atoms with Crippen molar-refractivity contribution < 1.29 is 20.1 Å². The summed E-state index contributed by atoms with van der Waals surface area (Å²) in [5, 5.41) is 27.8. The molecular formula is C9H18O4. The lowest BCUT2D eigenvalue weighted by atomic mass is 9.92. The Hall–Kier alpha value is -0.160. The Morgan fingerprint density at radius 1 is 1.38 bits per heavy atom. The zero-order valence-corrected chi connectivity index (χ0v) is 7.89. The normalized spacial score (nSPS) is 40.6. The van der Waals surface area contributed by atoms with Gasteiger partial charge in [0.1, 0.15) is 0 Å². The molecule has 4 nitrogen and oxygen atoms in total. The molecule has 1 aliphatic rings. The number of aliphatic hydroxyl groups excluding tert-OH is 3. The van der Waals surface area contributed by atoms with Gasteiger partial charge >= 0.3 is 0 Å². The van der Waals surface area contributed by atoms with E-state index >= 15 is 0 Å². The van der Waals surface area contributed by atoms with Crippen LogP contribution in [0.15, 0.2) is 0 Å². The van der Waals surface area contributed by atoms with E-state index in [1.54, 1.807) is 0 Å². The Balaban J connectivity index is 2.46. The second kappa shape index (κ2) is 4.91. The molecule has 0 spiro atoms. The van der Waals surface area contributed by atoms with Crippen molar-refractivity contribution in [1.29, 1.82) is 0 Å². The third kappa shape index (κ3) is 2.64. The highest BCUT2D eigenvalue weighted by Gasteiger charge is 2.35. The molecule has 1 fully saturated rings. The molecule has 1 aliphatic heterocycles. The van der Waals surface area contributed by atoms with E-state index in [1.807, 2.05) is 6.92 Å². The highest BCUT2D eigenvalue weighted by Crippen LogP contribution is 2.26. The molecule has 0 amide bonds. The van der Waals surface area contributed by atoms with E-state index < -0.39 is 18.3 Å². The van der Waals surface area contributed by atoms with Gasteiger partial charge < -0.3 is 20.1 Å². The third-order valence-corrected chi connectivity index (χ3v) is 2.52. The van der Waals surface area contributed by atoms with Gasteiger partial charge in [-0.3, -0.25) is 0 Å². The fraction of sp³-hybridized carbons (Fsp3) is 1.00. The van der Waals surface area contributed by atoms with Crippen molar-refractivity contribution in [1.82, 2.24) is 0 Å². The number of hydrogen-bond acceptors (Lipinski definition) is 4. The van der Waals surface area contributed by atoms with Crippen LogP contribution in [-0.4, -0.2) is 40.4 Å². The van der Waals surface area contributed by atoms with Gasteiger partial charge in [0.15, 0.2) is 6.29 Å². The van der Waals surface area contributed by atoms with Gasteiger partial charge in [0, 0.05) is 6.42 Å². The molecule has 0 aromatic carbocycles. The van der Waals surface area contributed by atoms with Crippen LogP contribution in [-0.2, 0) is 4.74 Å². The lowest BCUT2D eigenvalue weighted by Crippen LogP contribution is -2.45. The van der Waals surface area contributed by atoms with Crippen molar-refractivity contribution in [2.24, 2.45) is 5.92 Å². The summed E-state index contributed by atoms with van der Waals surface area (Å²) in [6.07, 6.45) is 0.574. The maximum atomic E-state index is 9.54. The average molecular weight is 190 g/mol. The van der Waals surface area contributed by atoms with Crippen molar-refractivity contribution in [3.05, 3.63) is 0 Å². The van der Waals surface area contributed by atoms with E-state index in [2.05, 4.69) is 0 Å². The first kappa shape index (κ1) is 10.9. The van der Waals surface area contributed by atoms with E-state index in [0.29, 0.717) is 6.42 Å². The second-order valence-corrected chi connectivity index (χ2v) is 3.59. The molecule has 0 aromatic heterocycles. The molecule has 0 aromatic rings. The number of hydrogen-bond donors (Lipinski definition) is 3. The van der Waals surface area contributed by atoms with Crippen LogP contribution in [0.4, 0.5) is 0 Å². The Kier molecular flexibility index (Phi) is 4.12. The zero-order chi connectivity index (χ0) is 9.84. The fourth-order valence-corrected chi connectivity index (χ4v) is 1.71. The Bertz CT molecular complexity index is 139. The van der Waals surface area contributed by atoms with Gasteiger partial charge in [0.05, 0.1) is 24.7 Å². The molecule has 4 heteroatoms. The highest BCUT2D eigenvalue weighted by molar-refractivity contribution is 4.80. The summed E-state index contributed by atoms with van der Waals surface area (Å²) in [6, 6.07) is 0. The molecule has 0 bridgehead atoms. The van der Waals surface area contributed by atoms with E-state index in [0.717, 1.165) is 12.8 Å². The molecule has 0 radical (unpaired) electrons. The third-order valence-electron chi connectivity index (χ3n) is 2.52. The van der Waals surface area contributed by atoms with Gasteiger partial charge in [-0.1, -0.05) is 13.3 Å². The van der Waals surface area contributed by atoms with Gasteiger partial charge in [-0.15, -0.1) is 0 Å². The first-order chi connectivity index (χ1) is 6.19. The van der Waals surface area contributed by atoms with Crippen molar-refractivity contribution >= 4 is 0 Å². The quantitative estimate of drug-likeness (QED) is 0.579. The molecule has 0 aliphatic carbocycles. The number of ether oxygens (including phenoxy) is 1. The SMILES string of the molecule is CCCC1CC(O)C(CO)C(O)O1. The van der Waals surface area contributed by atoms with Gasteiger partial charge in [-0.05, 0) is 6.42 Å². The van der Waals surface area contributed by atoms with Crippen LogP contribution >= 0.6 is 0 Å². The minimum atomic E-state index is -1.02. The predicted molar refractivity (Wildman–Crippen MR) is 47.0 cm³/mol. The molecule has 4 unspecified atom stereocenters. The summed E-state index contributed by atoms with van der Waals surface area (Å²) in [5.41, 5.74) is 0. The molecule has 1 rings (SSSR count). The van der Waals surface area contributed by atoms with Gasteiger partial charge in [0.2, 0.25) is 0 Å².